The molecule has 58 heavy (non-hydrogen) atoms. The molecule has 0 rings (SSSR count). The van der Waals surface area contributed by atoms with Gasteiger partial charge in [-0.05, 0) is 26.9 Å². The lowest BCUT2D eigenvalue weighted by molar-refractivity contribution is -0.501. The van der Waals surface area contributed by atoms with Crippen molar-refractivity contribution in [2.24, 2.45) is 0 Å². The molecular weight excluding hydrogens is 1010 g/mol. The maximum absolute atomic E-state index is 12.7. The lowest BCUT2D eigenvalue weighted by atomic mass is 9.79. The summed E-state index contributed by atoms with van der Waals surface area (Å²) in [6.07, 6.45) is 4.24. The first-order chi connectivity index (χ1) is 26.7. The van der Waals surface area contributed by atoms with E-state index in [0.29, 0.717) is 19.8 Å². The summed E-state index contributed by atoms with van der Waals surface area (Å²) < 4.78 is 170. The van der Waals surface area contributed by atoms with E-state index in [1.807, 2.05) is 6.92 Å². The Morgan fingerprint density at radius 2 is 0.569 bits per heavy atom. The molecule has 0 heterocycles. The molecule has 0 aromatic rings. The Labute approximate surface area is 335 Å². The minimum Gasteiger partial charge on any atom is -0.133 e. The summed E-state index contributed by atoms with van der Waals surface area (Å²) in [5.41, 5.74) is -3.72. The summed E-state index contributed by atoms with van der Waals surface area (Å²) in [6.45, 7) is 2.31. The SMILES string of the molecule is CCCCCCCCCCCCC(C)(O[P+](=O)O)C(O[P+](=O)O)(O[P+](=O)O)C(O[P+](=O)O)(O[P+](=O)O)C(O[P+](=O)O)(O[P+](=O)O)C(O[P+](=O)O)(O[P+](=O)O)O[P+](=O)O. The van der Waals surface area contributed by atoms with Crippen LogP contribution in [-0.4, -0.2) is 77.9 Å². The largest absolute Gasteiger partial charge is 0.700 e. The maximum Gasteiger partial charge on any atom is 0.700 e. The molecule has 40 heteroatoms. The molecule has 0 aromatic heterocycles. The molecule has 0 aliphatic heterocycles. The fourth-order valence-corrected chi connectivity index (χ4v) is 10.4. The fraction of sp³-hybridized carbons (Fsp3) is 1.00. The summed E-state index contributed by atoms with van der Waals surface area (Å²) in [5, 5.41) is 0. The van der Waals surface area contributed by atoms with Gasteiger partial charge in [-0.1, -0.05) is 98.3 Å². The highest BCUT2D eigenvalue weighted by Gasteiger charge is 3.02. The van der Waals surface area contributed by atoms with Crippen molar-refractivity contribution in [3.8, 4) is 0 Å². The van der Waals surface area contributed by atoms with Gasteiger partial charge >= 0.3 is 106 Å². The van der Waals surface area contributed by atoms with Gasteiger partial charge in [-0.2, -0.15) is 0 Å². The second-order valence-corrected chi connectivity index (χ2v) is 17.4. The van der Waals surface area contributed by atoms with Gasteiger partial charge in [-0.3, -0.25) is 0 Å². The van der Waals surface area contributed by atoms with Crippen LogP contribution < -0.4 is 0 Å². The molecule has 0 aromatic carbocycles. The first-order valence-corrected chi connectivity index (χ1v) is 26.6. The predicted molar refractivity (Wildman–Crippen MR) is 185 cm³/mol. The highest BCUT2D eigenvalue weighted by atomic mass is 31.2. The zero-order valence-corrected chi connectivity index (χ0v) is 38.3. The van der Waals surface area contributed by atoms with E-state index < -0.39 is 124 Å². The van der Waals surface area contributed by atoms with Crippen LogP contribution in [0.5, 0.6) is 0 Å². The van der Waals surface area contributed by atoms with Crippen LogP contribution >= 0.6 is 82.5 Å². The third-order valence-electron chi connectivity index (χ3n) is 7.09. The van der Waals surface area contributed by atoms with Gasteiger partial charge < -0.3 is 0 Å². The average molecular weight is 1040 g/mol. The summed E-state index contributed by atoms with van der Waals surface area (Å²) in [6, 6.07) is 0. The zero-order valence-electron chi connectivity index (χ0n) is 29.4. The van der Waals surface area contributed by atoms with Crippen LogP contribution in [0.25, 0.3) is 0 Å². The van der Waals surface area contributed by atoms with Crippen molar-refractivity contribution in [3.05, 3.63) is 0 Å². The Hall–Kier alpha value is 0.200. The molecule has 0 radical (unpaired) electrons. The summed E-state index contributed by atoms with van der Waals surface area (Å²) in [5.74, 6) is -21.7. The standard InChI is InChI=1S/C18H28O30P10/c1-3-4-5-6-7-8-9-10-11-12-13-14(2,39-49(19)20)15(40-50(21)22,41-51(23)24)16(42-52(25)26,43-53(27)28)17(44-54(29)30,45-55(31)32)18(46-56(33)34,47-57(35)36)48-58(37)38/h3-13H2,1-2H3/p+10. The molecule has 0 aliphatic carbocycles. The second-order valence-electron chi connectivity index (χ2n) is 10.9. The van der Waals surface area contributed by atoms with E-state index in [2.05, 4.69) is 31.7 Å². The molecule has 30 nitrogen and oxygen atoms in total. The molecule has 0 amide bonds. The Balaban J connectivity index is 9.17. The topological polar surface area (TPSA) is 465 Å². The molecule has 0 saturated heterocycles. The van der Waals surface area contributed by atoms with E-state index in [9.17, 15) is 94.6 Å². The van der Waals surface area contributed by atoms with Gasteiger partial charge in [0.2, 0.25) is 0 Å². The van der Waals surface area contributed by atoms with Gasteiger partial charge in [-0.15, -0.1) is 53.5 Å². The molecule has 330 valence electrons. The third kappa shape index (κ3) is 17.4. The predicted octanol–water partition coefficient (Wildman–Crippen LogP) is 5.46. The molecular formula is C18H38O30P10+10. The van der Waals surface area contributed by atoms with E-state index in [0.717, 1.165) is 32.1 Å². The van der Waals surface area contributed by atoms with Crippen molar-refractivity contribution in [1.82, 2.24) is 0 Å². The van der Waals surface area contributed by atoms with Crippen LogP contribution in [0.1, 0.15) is 84.5 Å². The average Bonchev–Trinajstić information content (AvgIpc) is 3.01. The Morgan fingerprint density at radius 3 is 0.845 bits per heavy atom. The number of unbranched alkanes of at least 4 members (excludes halogenated alkanes) is 9. The van der Waals surface area contributed by atoms with Crippen molar-refractivity contribution in [3.63, 3.8) is 0 Å². The smallest absolute Gasteiger partial charge is 0.133 e. The van der Waals surface area contributed by atoms with Crippen molar-refractivity contribution in [1.29, 1.82) is 0 Å². The van der Waals surface area contributed by atoms with E-state index in [4.69, 9.17) is 13.6 Å². The molecule has 0 fully saturated rings. The molecule has 11 atom stereocenters. The van der Waals surface area contributed by atoms with Crippen LogP contribution in [0, 0.1) is 0 Å². The molecule has 10 N–H and O–H groups in total. The van der Waals surface area contributed by atoms with Gasteiger partial charge in [-0.25, -0.2) is 0 Å². The van der Waals surface area contributed by atoms with Gasteiger partial charge in [0.05, 0.1) is 0 Å². The lowest BCUT2D eigenvalue weighted by Gasteiger charge is -2.45. The van der Waals surface area contributed by atoms with Gasteiger partial charge in [0.1, 0.15) is 0 Å². The van der Waals surface area contributed by atoms with E-state index >= 15 is 0 Å². The van der Waals surface area contributed by atoms with E-state index in [1.54, 1.807) is 0 Å². The number of rotatable bonds is 35. The van der Waals surface area contributed by atoms with Crippen molar-refractivity contribution >= 4 is 82.5 Å². The molecule has 0 spiro atoms. The Bertz CT molecular complexity index is 1460. The monoisotopic (exact) mass is 1040 g/mol. The lowest BCUT2D eigenvalue weighted by Crippen LogP contribution is -2.83. The zero-order chi connectivity index (χ0) is 45.1. The van der Waals surface area contributed by atoms with Crippen molar-refractivity contribution in [2.75, 3.05) is 0 Å². The van der Waals surface area contributed by atoms with Gasteiger partial charge in [0.25, 0.3) is 0 Å². The Kier molecular flexibility index (Phi) is 27.5. The van der Waals surface area contributed by atoms with Crippen LogP contribution in [0.4, 0.5) is 0 Å². The highest BCUT2D eigenvalue weighted by molar-refractivity contribution is 7.35. The quantitative estimate of drug-likeness (QED) is 0.0214. The summed E-state index contributed by atoms with van der Waals surface area (Å²) >= 11 is 0. The van der Waals surface area contributed by atoms with Crippen LogP contribution in [-0.2, 0) is 90.9 Å². The normalized spacial score (nSPS) is 19.8. The maximum atomic E-state index is 12.7. The Morgan fingerprint density at radius 1 is 0.328 bits per heavy atom. The van der Waals surface area contributed by atoms with Crippen LogP contribution in [0.3, 0.4) is 0 Å². The van der Waals surface area contributed by atoms with Crippen LogP contribution in [0.2, 0.25) is 0 Å². The first kappa shape index (κ1) is 58.2. The third-order valence-corrected chi connectivity index (χ3v) is 11.3. The molecule has 0 bridgehead atoms. The second kappa shape index (κ2) is 27.4. The van der Waals surface area contributed by atoms with Gasteiger partial charge in [0.15, 0.2) is 5.60 Å². The van der Waals surface area contributed by atoms with E-state index in [1.165, 1.54) is 0 Å². The summed E-state index contributed by atoms with van der Waals surface area (Å²) in [7, 11) is -48.9. The number of hydrogen-bond acceptors (Lipinski definition) is 20. The molecule has 0 saturated carbocycles. The van der Waals surface area contributed by atoms with E-state index in [-0.39, 0.29) is 12.8 Å². The fourth-order valence-electron chi connectivity index (χ4n) is 5.19. The molecule has 0 aliphatic rings. The minimum atomic E-state index is -5.67. The summed E-state index contributed by atoms with van der Waals surface area (Å²) in [4.78, 5) is 100. The minimum absolute atomic E-state index is 0.0383. The van der Waals surface area contributed by atoms with Crippen molar-refractivity contribution < 1.29 is 140 Å². The highest BCUT2D eigenvalue weighted by Crippen LogP contribution is 2.68. The van der Waals surface area contributed by atoms with Crippen LogP contribution in [0.15, 0.2) is 0 Å². The number of hydrogen-bond donors (Lipinski definition) is 10. The van der Waals surface area contributed by atoms with Gasteiger partial charge in [0, 0.05) is 45.7 Å². The van der Waals surface area contributed by atoms with Crippen molar-refractivity contribution in [2.45, 2.75) is 113 Å². The first-order valence-electron chi connectivity index (χ1n) is 15.3. The molecule has 11 unspecified atom stereocenters.